The highest BCUT2D eigenvalue weighted by atomic mass is 35.5. The fourth-order valence-corrected chi connectivity index (χ4v) is 3.33. The van der Waals surface area contributed by atoms with E-state index in [9.17, 15) is 4.79 Å². The van der Waals surface area contributed by atoms with Crippen LogP contribution < -0.4 is 10.1 Å². The molecule has 4 rings (SSSR count). The number of benzene rings is 2. The summed E-state index contributed by atoms with van der Waals surface area (Å²) in [6, 6.07) is 16.3. The predicted octanol–water partition coefficient (Wildman–Crippen LogP) is 4.95. The van der Waals surface area contributed by atoms with Crippen molar-refractivity contribution in [3.05, 3.63) is 76.4 Å². The largest absolute Gasteiger partial charge is 0.494 e. The molecule has 0 fully saturated rings. The molecule has 7 heteroatoms. The van der Waals surface area contributed by atoms with Gasteiger partial charge in [-0.2, -0.15) is 9.78 Å². The van der Waals surface area contributed by atoms with Gasteiger partial charge in [0, 0.05) is 22.0 Å². The molecule has 0 unspecified atom stereocenters. The number of carbonyl (C=O) groups excluding carboxylic acids is 1. The number of methoxy groups -OCH3 is 1. The smallest absolute Gasteiger partial charge is 0.256 e. The molecular weight excluding hydrogens is 388 g/mol. The maximum Gasteiger partial charge on any atom is 0.256 e. The average molecular weight is 407 g/mol. The van der Waals surface area contributed by atoms with Gasteiger partial charge in [0.1, 0.15) is 17.1 Å². The highest BCUT2D eigenvalue weighted by Crippen LogP contribution is 2.28. The molecule has 4 aromatic rings. The minimum absolute atomic E-state index is 0.252. The third-order valence-corrected chi connectivity index (χ3v) is 4.86. The van der Waals surface area contributed by atoms with E-state index < -0.39 is 0 Å². The number of carbonyl (C=O) groups is 1. The van der Waals surface area contributed by atoms with E-state index in [0.717, 1.165) is 22.2 Å². The Morgan fingerprint density at radius 2 is 1.86 bits per heavy atom. The number of hydrogen-bond acceptors (Lipinski definition) is 4. The van der Waals surface area contributed by atoms with Crippen LogP contribution in [0, 0.1) is 13.8 Å². The number of pyridine rings is 1. The van der Waals surface area contributed by atoms with E-state index in [-0.39, 0.29) is 5.91 Å². The molecular formula is C22H19ClN4O2. The summed E-state index contributed by atoms with van der Waals surface area (Å²) in [6.45, 7) is 3.87. The minimum Gasteiger partial charge on any atom is -0.494 e. The van der Waals surface area contributed by atoms with Crippen molar-refractivity contribution in [2.75, 3.05) is 12.4 Å². The molecule has 29 heavy (non-hydrogen) atoms. The first kappa shape index (κ1) is 19.0. The molecule has 0 saturated heterocycles. The maximum atomic E-state index is 12.7. The molecule has 0 atom stereocenters. The molecule has 0 radical (unpaired) electrons. The number of ether oxygens (including phenoxy) is 1. The second kappa shape index (κ2) is 7.56. The SMILES string of the molecule is COc1cccc2c(C)cc(-n3nc(C)cc3NC(=O)c3ccc(Cl)cc3)nc12. The van der Waals surface area contributed by atoms with E-state index in [0.29, 0.717) is 28.0 Å². The summed E-state index contributed by atoms with van der Waals surface area (Å²) in [5.74, 6) is 1.56. The standard InChI is InChI=1S/C22H19ClN4O2/c1-13-11-19(24-21-17(13)5-4-6-18(21)29-3)27-20(12-14(2)26-27)25-22(28)15-7-9-16(23)10-8-15/h4-12H,1-3H3,(H,25,28). The molecule has 0 saturated carbocycles. The van der Waals surface area contributed by atoms with Crippen LogP contribution in [0.5, 0.6) is 5.75 Å². The summed E-state index contributed by atoms with van der Waals surface area (Å²) in [5.41, 5.74) is 3.04. The first-order valence-corrected chi connectivity index (χ1v) is 9.42. The minimum atomic E-state index is -0.252. The molecule has 2 aromatic heterocycles. The molecule has 1 N–H and O–H groups in total. The summed E-state index contributed by atoms with van der Waals surface area (Å²) in [5, 5.41) is 9.01. The highest BCUT2D eigenvalue weighted by Gasteiger charge is 2.15. The Labute approximate surface area is 173 Å². The zero-order valence-corrected chi connectivity index (χ0v) is 17.0. The van der Waals surface area contributed by atoms with Crippen LogP contribution in [-0.2, 0) is 0 Å². The molecule has 0 aliphatic rings. The monoisotopic (exact) mass is 406 g/mol. The van der Waals surface area contributed by atoms with E-state index in [1.165, 1.54) is 0 Å². The third-order valence-electron chi connectivity index (χ3n) is 4.61. The number of halogens is 1. The van der Waals surface area contributed by atoms with E-state index in [1.54, 1.807) is 42.1 Å². The molecule has 0 bridgehead atoms. The number of aryl methyl sites for hydroxylation is 2. The van der Waals surface area contributed by atoms with Gasteiger partial charge in [0.25, 0.3) is 5.91 Å². The van der Waals surface area contributed by atoms with E-state index in [1.807, 2.05) is 38.1 Å². The third kappa shape index (κ3) is 3.67. The molecule has 2 aromatic carbocycles. The number of nitrogens with one attached hydrogen (secondary N) is 1. The van der Waals surface area contributed by atoms with Crippen molar-refractivity contribution < 1.29 is 9.53 Å². The molecule has 2 heterocycles. The lowest BCUT2D eigenvalue weighted by atomic mass is 10.1. The number of hydrogen-bond donors (Lipinski definition) is 1. The van der Waals surface area contributed by atoms with Gasteiger partial charge >= 0.3 is 0 Å². The van der Waals surface area contributed by atoms with Crippen molar-refractivity contribution in [3.8, 4) is 11.6 Å². The molecule has 0 aliphatic heterocycles. The fourth-order valence-electron chi connectivity index (χ4n) is 3.20. The van der Waals surface area contributed by atoms with Crippen molar-refractivity contribution in [2.45, 2.75) is 13.8 Å². The topological polar surface area (TPSA) is 69.0 Å². The molecule has 6 nitrogen and oxygen atoms in total. The van der Waals surface area contributed by atoms with Gasteiger partial charge in [-0.15, -0.1) is 0 Å². The fraction of sp³-hybridized carbons (Fsp3) is 0.136. The van der Waals surface area contributed by atoms with Crippen molar-refractivity contribution in [3.63, 3.8) is 0 Å². The zero-order valence-electron chi connectivity index (χ0n) is 16.2. The van der Waals surface area contributed by atoms with Crippen molar-refractivity contribution in [2.24, 2.45) is 0 Å². The number of rotatable bonds is 4. The summed E-state index contributed by atoms with van der Waals surface area (Å²) < 4.78 is 7.10. The number of aromatic nitrogens is 3. The highest BCUT2D eigenvalue weighted by molar-refractivity contribution is 6.30. The van der Waals surface area contributed by atoms with Crippen LogP contribution >= 0.6 is 11.6 Å². The predicted molar refractivity (Wildman–Crippen MR) is 114 cm³/mol. The van der Waals surface area contributed by atoms with E-state index >= 15 is 0 Å². The van der Waals surface area contributed by atoms with Crippen LogP contribution in [0.2, 0.25) is 5.02 Å². The first-order valence-electron chi connectivity index (χ1n) is 9.04. The number of nitrogens with zero attached hydrogens (tertiary/aromatic N) is 3. The normalized spacial score (nSPS) is 10.9. The Balaban J connectivity index is 1.77. The first-order chi connectivity index (χ1) is 14.0. The summed E-state index contributed by atoms with van der Waals surface area (Å²) in [7, 11) is 1.62. The summed E-state index contributed by atoms with van der Waals surface area (Å²) >= 11 is 5.91. The van der Waals surface area contributed by atoms with Crippen molar-refractivity contribution in [1.82, 2.24) is 14.8 Å². The van der Waals surface area contributed by atoms with Gasteiger partial charge < -0.3 is 10.1 Å². The van der Waals surface area contributed by atoms with Crippen LogP contribution in [0.25, 0.3) is 16.7 Å². The van der Waals surface area contributed by atoms with Gasteiger partial charge in [-0.1, -0.05) is 23.7 Å². The van der Waals surface area contributed by atoms with Crippen LogP contribution in [0.3, 0.4) is 0 Å². The average Bonchev–Trinajstić information content (AvgIpc) is 3.08. The Bertz CT molecular complexity index is 1220. The van der Waals surface area contributed by atoms with Crippen LogP contribution in [0.4, 0.5) is 5.82 Å². The van der Waals surface area contributed by atoms with Gasteiger partial charge in [-0.25, -0.2) is 4.98 Å². The number of amides is 1. The zero-order chi connectivity index (χ0) is 20.5. The summed E-state index contributed by atoms with van der Waals surface area (Å²) in [4.78, 5) is 17.4. The lowest BCUT2D eigenvalue weighted by Crippen LogP contribution is -2.15. The number of anilines is 1. The molecule has 146 valence electrons. The summed E-state index contributed by atoms with van der Waals surface area (Å²) in [6.07, 6.45) is 0. The second-order valence-electron chi connectivity index (χ2n) is 6.70. The van der Waals surface area contributed by atoms with Gasteiger partial charge in [-0.3, -0.25) is 4.79 Å². The van der Waals surface area contributed by atoms with Gasteiger partial charge in [0.05, 0.1) is 12.8 Å². The lowest BCUT2D eigenvalue weighted by Gasteiger charge is -2.12. The maximum absolute atomic E-state index is 12.7. The Hall–Kier alpha value is -3.38. The molecule has 0 spiro atoms. The Morgan fingerprint density at radius 1 is 1.10 bits per heavy atom. The Kier molecular flexibility index (Phi) is 4.94. The number of para-hydroxylation sites is 1. The van der Waals surface area contributed by atoms with Gasteiger partial charge in [-0.05, 0) is 55.8 Å². The second-order valence-corrected chi connectivity index (χ2v) is 7.13. The van der Waals surface area contributed by atoms with Gasteiger partial charge in [0.15, 0.2) is 5.82 Å². The number of fused-ring (bicyclic) bond motifs is 1. The van der Waals surface area contributed by atoms with Crippen LogP contribution in [-0.4, -0.2) is 27.8 Å². The lowest BCUT2D eigenvalue weighted by molar-refractivity contribution is 0.102. The molecule has 0 aliphatic carbocycles. The van der Waals surface area contributed by atoms with E-state index in [4.69, 9.17) is 21.3 Å². The van der Waals surface area contributed by atoms with Crippen molar-refractivity contribution in [1.29, 1.82) is 0 Å². The van der Waals surface area contributed by atoms with Crippen molar-refractivity contribution >= 4 is 34.2 Å². The molecule has 1 amide bonds. The van der Waals surface area contributed by atoms with Crippen LogP contribution in [0.15, 0.2) is 54.6 Å². The Morgan fingerprint density at radius 3 is 2.59 bits per heavy atom. The van der Waals surface area contributed by atoms with Crippen LogP contribution in [0.1, 0.15) is 21.6 Å². The van der Waals surface area contributed by atoms with Gasteiger partial charge in [0.2, 0.25) is 0 Å². The van der Waals surface area contributed by atoms with E-state index in [2.05, 4.69) is 10.4 Å². The quantitative estimate of drug-likeness (QED) is 0.520.